The number of ether oxygens (including phenoxy) is 1. The zero-order valence-corrected chi connectivity index (χ0v) is 22.8. The lowest BCUT2D eigenvalue weighted by Crippen LogP contribution is -2.33. The largest absolute Gasteiger partial charge is 0.478 e. The number of carbonyl (C=O) groups is 1. The summed E-state index contributed by atoms with van der Waals surface area (Å²) in [7, 11) is 0. The number of carboxylic acids is 1. The van der Waals surface area contributed by atoms with Crippen LogP contribution in [0.1, 0.15) is 51.9 Å². The second-order valence-electron chi connectivity index (χ2n) is 10.1. The number of aromatic amines is 1. The normalized spacial score (nSPS) is 14.5. The number of nitrogens with one attached hydrogen (secondary N) is 1. The van der Waals surface area contributed by atoms with Crippen molar-refractivity contribution in [1.82, 2.24) is 34.8 Å². The molecule has 12 heteroatoms. The van der Waals surface area contributed by atoms with Crippen LogP contribution < -0.4 is 4.74 Å². The molecule has 10 nitrogen and oxygen atoms in total. The zero-order valence-electron chi connectivity index (χ0n) is 22.0. The van der Waals surface area contributed by atoms with E-state index >= 15 is 0 Å². The van der Waals surface area contributed by atoms with E-state index in [2.05, 4.69) is 20.3 Å². The third-order valence-corrected chi connectivity index (χ3v) is 7.60. The Morgan fingerprint density at radius 1 is 1.10 bits per heavy atom. The smallest absolute Gasteiger partial charge is 0.335 e. The van der Waals surface area contributed by atoms with Crippen molar-refractivity contribution in [3.63, 3.8) is 0 Å². The maximum absolute atomic E-state index is 14.1. The van der Waals surface area contributed by atoms with Crippen LogP contribution in [0.25, 0.3) is 11.0 Å². The van der Waals surface area contributed by atoms with Crippen molar-refractivity contribution < 1.29 is 19.0 Å². The van der Waals surface area contributed by atoms with Crippen LogP contribution in [0.5, 0.6) is 5.88 Å². The highest BCUT2D eigenvalue weighted by Crippen LogP contribution is 2.29. The van der Waals surface area contributed by atoms with Crippen LogP contribution in [-0.2, 0) is 19.7 Å². The molecule has 210 valence electrons. The van der Waals surface area contributed by atoms with Crippen LogP contribution in [0.4, 0.5) is 4.39 Å². The molecule has 0 saturated carbocycles. The van der Waals surface area contributed by atoms with Gasteiger partial charge < -0.3 is 14.4 Å². The number of pyridine rings is 1. The molecular weight excluding hydrogens is 549 g/mol. The molecule has 6 rings (SSSR count). The second-order valence-corrected chi connectivity index (χ2v) is 10.5. The lowest BCUT2D eigenvalue weighted by atomic mass is 9.93. The molecule has 0 spiro atoms. The van der Waals surface area contributed by atoms with Crippen LogP contribution in [0, 0.1) is 5.82 Å². The Bertz CT molecular complexity index is 1680. The number of aromatic nitrogens is 6. The lowest BCUT2D eigenvalue weighted by Gasteiger charge is -2.31. The third-order valence-electron chi connectivity index (χ3n) is 7.37. The van der Waals surface area contributed by atoms with E-state index in [0.717, 1.165) is 54.2 Å². The van der Waals surface area contributed by atoms with Crippen molar-refractivity contribution in [2.24, 2.45) is 0 Å². The Kier molecular flexibility index (Phi) is 7.62. The number of fused-ring (bicyclic) bond motifs is 1. The Morgan fingerprint density at radius 2 is 1.95 bits per heavy atom. The Hall–Kier alpha value is -4.35. The van der Waals surface area contributed by atoms with Gasteiger partial charge in [0.2, 0.25) is 5.88 Å². The van der Waals surface area contributed by atoms with Gasteiger partial charge in [-0.3, -0.25) is 4.90 Å². The van der Waals surface area contributed by atoms with Crippen molar-refractivity contribution in [1.29, 1.82) is 0 Å². The third kappa shape index (κ3) is 6.06. The predicted octanol–water partition coefficient (Wildman–Crippen LogP) is 5.05. The molecule has 1 fully saturated rings. The van der Waals surface area contributed by atoms with Crippen LogP contribution >= 0.6 is 11.6 Å². The molecule has 2 aromatic carbocycles. The quantitative estimate of drug-likeness (QED) is 0.250. The number of piperidine rings is 1. The SMILES string of the molecule is O=C(O)c1ccc2nc(CN3CCC(c4cccc(OCc5ccc(Cl)cc5F)n4)CC3)n(Cc3cn[nH]n3)c2c1. The summed E-state index contributed by atoms with van der Waals surface area (Å²) in [5, 5.41) is 20.6. The molecule has 0 aliphatic carbocycles. The van der Waals surface area contributed by atoms with Gasteiger partial charge in [-0.1, -0.05) is 23.7 Å². The Morgan fingerprint density at radius 3 is 2.71 bits per heavy atom. The number of imidazole rings is 1. The molecule has 1 aliphatic rings. The number of halogens is 2. The monoisotopic (exact) mass is 575 g/mol. The number of hydrogen-bond acceptors (Lipinski definition) is 7. The number of nitrogens with zero attached hydrogens (tertiary/aromatic N) is 6. The number of hydrogen-bond donors (Lipinski definition) is 2. The number of aromatic carboxylic acids is 1. The van der Waals surface area contributed by atoms with Crippen LogP contribution in [0.2, 0.25) is 5.02 Å². The maximum Gasteiger partial charge on any atom is 0.335 e. The molecule has 0 radical (unpaired) electrons. The fraction of sp³-hybridized carbons (Fsp3) is 0.276. The molecule has 41 heavy (non-hydrogen) atoms. The highest BCUT2D eigenvalue weighted by atomic mass is 35.5. The highest BCUT2D eigenvalue weighted by Gasteiger charge is 2.24. The van der Waals surface area contributed by atoms with Crippen LogP contribution in [0.15, 0.2) is 60.8 Å². The van der Waals surface area contributed by atoms with Crippen molar-refractivity contribution in [3.8, 4) is 5.88 Å². The van der Waals surface area contributed by atoms with Gasteiger partial charge in [0, 0.05) is 28.3 Å². The summed E-state index contributed by atoms with van der Waals surface area (Å²) < 4.78 is 21.9. The van der Waals surface area contributed by atoms with Gasteiger partial charge in [0.1, 0.15) is 23.9 Å². The first-order valence-electron chi connectivity index (χ1n) is 13.3. The van der Waals surface area contributed by atoms with Crippen molar-refractivity contribution in [2.75, 3.05) is 13.1 Å². The van der Waals surface area contributed by atoms with Crippen molar-refractivity contribution in [3.05, 3.63) is 100.0 Å². The van der Waals surface area contributed by atoms with E-state index in [0.29, 0.717) is 29.6 Å². The van der Waals surface area contributed by atoms with Crippen LogP contribution in [-0.4, -0.2) is 59.0 Å². The van der Waals surface area contributed by atoms with Gasteiger partial charge in [-0.25, -0.2) is 19.2 Å². The molecule has 3 aromatic heterocycles. The maximum atomic E-state index is 14.1. The summed E-state index contributed by atoms with van der Waals surface area (Å²) in [5.41, 5.74) is 3.81. The van der Waals surface area contributed by atoms with Crippen LogP contribution in [0.3, 0.4) is 0 Å². The molecule has 4 heterocycles. The first-order chi connectivity index (χ1) is 19.9. The average Bonchev–Trinajstić information content (AvgIpc) is 3.61. The molecule has 0 unspecified atom stereocenters. The topological polar surface area (TPSA) is 122 Å². The second kappa shape index (κ2) is 11.6. The van der Waals surface area contributed by atoms with E-state index in [1.807, 2.05) is 16.7 Å². The lowest BCUT2D eigenvalue weighted by molar-refractivity contribution is 0.0697. The van der Waals surface area contributed by atoms with Gasteiger partial charge in [-0.2, -0.15) is 15.4 Å². The average molecular weight is 576 g/mol. The first kappa shape index (κ1) is 26.9. The molecule has 1 aliphatic heterocycles. The molecule has 1 saturated heterocycles. The highest BCUT2D eigenvalue weighted by molar-refractivity contribution is 6.30. The predicted molar refractivity (Wildman–Crippen MR) is 149 cm³/mol. The van der Waals surface area contributed by atoms with E-state index in [-0.39, 0.29) is 18.1 Å². The van der Waals surface area contributed by atoms with Gasteiger partial charge in [0.25, 0.3) is 0 Å². The van der Waals surface area contributed by atoms with E-state index in [4.69, 9.17) is 26.3 Å². The standard InChI is InChI=1S/C29H27ClFN7O3/c30-21-6-4-20(23(31)13-21)17-41-28-3-1-2-24(34-28)18-8-10-37(11-9-18)16-27-33-25-7-5-19(29(39)40)12-26(25)38(27)15-22-14-32-36-35-22/h1-7,12-14,18H,8-11,15-17H2,(H,39,40)(H,32,35,36). The minimum absolute atomic E-state index is 0.0706. The molecule has 0 atom stereocenters. The van der Waals surface area contributed by atoms with Crippen molar-refractivity contribution >= 4 is 28.6 Å². The minimum Gasteiger partial charge on any atom is -0.478 e. The minimum atomic E-state index is -0.982. The number of likely N-dealkylation sites (tertiary alicyclic amines) is 1. The molecular formula is C29H27ClFN7O3. The van der Waals surface area contributed by atoms with Gasteiger partial charge in [0.15, 0.2) is 0 Å². The van der Waals surface area contributed by atoms with E-state index < -0.39 is 11.8 Å². The van der Waals surface area contributed by atoms with Gasteiger partial charge in [-0.05, 0) is 62.3 Å². The summed E-state index contributed by atoms with van der Waals surface area (Å²) in [6.07, 6.45) is 3.48. The Labute approximate surface area is 239 Å². The number of rotatable bonds is 9. The van der Waals surface area contributed by atoms with E-state index in [1.54, 1.807) is 42.6 Å². The number of carboxylic acid groups (broad SMARTS) is 1. The Balaban J connectivity index is 1.13. The number of H-pyrrole nitrogens is 1. The van der Waals surface area contributed by atoms with Gasteiger partial charge in [-0.15, -0.1) is 0 Å². The van der Waals surface area contributed by atoms with Gasteiger partial charge >= 0.3 is 5.97 Å². The fourth-order valence-electron chi connectivity index (χ4n) is 5.18. The van der Waals surface area contributed by atoms with Crippen molar-refractivity contribution in [2.45, 2.75) is 38.5 Å². The molecule has 5 aromatic rings. The summed E-state index contributed by atoms with van der Waals surface area (Å²) in [6.45, 7) is 2.81. The molecule has 2 N–H and O–H groups in total. The fourth-order valence-corrected chi connectivity index (χ4v) is 5.34. The van der Waals surface area contributed by atoms with E-state index in [9.17, 15) is 14.3 Å². The summed E-state index contributed by atoms with van der Waals surface area (Å²) >= 11 is 5.84. The summed E-state index contributed by atoms with van der Waals surface area (Å²) in [6, 6.07) is 15.2. The van der Waals surface area contributed by atoms with Gasteiger partial charge in [0.05, 0.1) is 35.9 Å². The first-order valence-corrected chi connectivity index (χ1v) is 13.6. The zero-order chi connectivity index (χ0) is 28.3. The summed E-state index contributed by atoms with van der Waals surface area (Å²) in [4.78, 5) is 23.5. The molecule has 0 bridgehead atoms. The number of benzene rings is 2. The summed E-state index contributed by atoms with van der Waals surface area (Å²) in [5.74, 6) is 0.186. The molecule has 0 amide bonds. The van der Waals surface area contributed by atoms with E-state index in [1.165, 1.54) is 6.07 Å².